The number of hydrogen-bond donors (Lipinski definition) is 0. The Morgan fingerprint density at radius 1 is 0.533 bits per heavy atom. The van der Waals surface area contributed by atoms with Crippen LogP contribution in [0.5, 0.6) is 0 Å². The Balaban J connectivity index is 2.14. The van der Waals surface area contributed by atoms with Crippen LogP contribution >= 0.6 is 6.83 Å². The predicted molar refractivity (Wildman–Crippen MR) is 132 cm³/mol. The van der Waals surface area contributed by atoms with E-state index in [2.05, 4.69) is 128 Å². The minimum absolute atomic E-state index is 0.712. The molecule has 0 fully saturated rings. The third-order valence-electron chi connectivity index (χ3n) is 5.81. The quantitative estimate of drug-likeness (QED) is 0.320. The Bertz CT molecular complexity index is 947. The van der Waals surface area contributed by atoms with Crippen LogP contribution in [0.4, 0.5) is 0 Å². The van der Waals surface area contributed by atoms with Gasteiger partial charge in [0.05, 0.1) is 0 Å². The van der Waals surface area contributed by atoms with Gasteiger partial charge in [0.1, 0.15) is 0 Å². The molecule has 0 N–H and O–H groups in total. The van der Waals surface area contributed by atoms with Crippen LogP contribution in [0.15, 0.2) is 121 Å². The van der Waals surface area contributed by atoms with Crippen molar-refractivity contribution in [2.75, 3.05) is 6.61 Å². The zero-order chi connectivity index (χ0) is 20.7. The Morgan fingerprint density at radius 3 is 1.27 bits per heavy atom. The van der Waals surface area contributed by atoms with Crippen LogP contribution in [0.2, 0.25) is 0 Å². The van der Waals surface area contributed by atoms with Crippen molar-refractivity contribution in [3.05, 3.63) is 127 Å². The zero-order valence-electron chi connectivity index (χ0n) is 17.5. The first-order valence-electron chi connectivity index (χ1n) is 10.7. The first-order chi connectivity index (χ1) is 14.8. The number of rotatable bonds is 8. The van der Waals surface area contributed by atoms with E-state index in [-0.39, 0.29) is 0 Å². The molecule has 0 saturated carbocycles. The fourth-order valence-corrected chi connectivity index (χ4v) is 10.3. The Labute approximate surface area is 180 Å². The van der Waals surface area contributed by atoms with Crippen molar-refractivity contribution in [3.63, 3.8) is 0 Å². The van der Waals surface area contributed by atoms with Gasteiger partial charge in [0.15, 0.2) is 0 Å². The van der Waals surface area contributed by atoms with Crippen LogP contribution in [0, 0.1) is 0 Å². The second kappa shape index (κ2) is 8.96. The minimum atomic E-state index is -3.26. The van der Waals surface area contributed by atoms with Gasteiger partial charge in [-0.05, 0) is 0 Å². The van der Waals surface area contributed by atoms with Crippen LogP contribution in [0.25, 0.3) is 0 Å². The summed E-state index contributed by atoms with van der Waals surface area (Å²) in [6, 6.07) is 43.5. The Kier molecular flexibility index (Phi) is 6.13. The van der Waals surface area contributed by atoms with Crippen LogP contribution < -0.4 is 15.9 Å². The number of benzene rings is 4. The average molecular weight is 413 g/mol. The van der Waals surface area contributed by atoms with Gasteiger partial charge >= 0.3 is 180 Å². The van der Waals surface area contributed by atoms with Crippen molar-refractivity contribution >= 4 is 22.7 Å². The molecule has 0 unspecified atom stereocenters. The summed E-state index contributed by atoms with van der Waals surface area (Å²) in [6.07, 6.45) is 1.81. The van der Waals surface area contributed by atoms with E-state index >= 15 is 0 Å². The molecule has 0 saturated heterocycles. The van der Waals surface area contributed by atoms with Crippen molar-refractivity contribution in [2.24, 2.45) is 0 Å². The molecule has 0 heterocycles. The SMILES string of the molecule is CCCOP(Cc1ccccc1)(c1ccccc1)(c1ccccc1)c1ccccc1. The molecule has 0 spiro atoms. The molecular weight excluding hydrogens is 383 g/mol. The van der Waals surface area contributed by atoms with E-state index < -0.39 is 6.83 Å². The molecule has 0 atom stereocenters. The van der Waals surface area contributed by atoms with Gasteiger partial charge in [0.2, 0.25) is 0 Å². The van der Waals surface area contributed by atoms with Gasteiger partial charge in [-0.3, -0.25) is 0 Å². The van der Waals surface area contributed by atoms with Crippen LogP contribution in [-0.4, -0.2) is 6.61 Å². The van der Waals surface area contributed by atoms with Crippen molar-refractivity contribution in [3.8, 4) is 0 Å². The maximum atomic E-state index is 7.26. The third kappa shape index (κ3) is 3.49. The first kappa shape index (κ1) is 20.5. The van der Waals surface area contributed by atoms with Gasteiger partial charge in [0, 0.05) is 0 Å². The summed E-state index contributed by atoms with van der Waals surface area (Å²) in [5, 5.41) is 3.83. The van der Waals surface area contributed by atoms with E-state index in [9.17, 15) is 0 Å². The van der Waals surface area contributed by atoms with Gasteiger partial charge in [-0.25, -0.2) is 0 Å². The summed E-state index contributed by atoms with van der Waals surface area (Å²) in [7, 11) is 0. The summed E-state index contributed by atoms with van der Waals surface area (Å²) < 4.78 is 7.26. The second-order valence-electron chi connectivity index (χ2n) is 7.70. The van der Waals surface area contributed by atoms with E-state index in [0.717, 1.165) is 12.6 Å². The van der Waals surface area contributed by atoms with Crippen molar-refractivity contribution in [1.29, 1.82) is 0 Å². The molecule has 2 heteroatoms. The van der Waals surface area contributed by atoms with Gasteiger partial charge < -0.3 is 0 Å². The van der Waals surface area contributed by atoms with E-state index in [0.29, 0.717) is 6.61 Å². The Morgan fingerprint density at radius 2 is 0.900 bits per heavy atom. The average Bonchev–Trinajstić information content (AvgIpc) is 2.84. The normalized spacial score (nSPS) is 12.8. The van der Waals surface area contributed by atoms with Gasteiger partial charge in [0.25, 0.3) is 0 Å². The van der Waals surface area contributed by atoms with E-state index in [4.69, 9.17) is 4.52 Å². The van der Waals surface area contributed by atoms with Gasteiger partial charge in [-0.2, -0.15) is 0 Å². The van der Waals surface area contributed by atoms with Gasteiger partial charge in [-0.15, -0.1) is 0 Å². The molecule has 4 aromatic rings. The summed E-state index contributed by atoms with van der Waals surface area (Å²) in [5.74, 6) is 0. The fourth-order valence-electron chi connectivity index (χ4n) is 4.44. The monoisotopic (exact) mass is 412 g/mol. The van der Waals surface area contributed by atoms with Gasteiger partial charge in [-0.1, -0.05) is 0 Å². The summed E-state index contributed by atoms with van der Waals surface area (Å²) in [6.45, 7) is -0.355. The molecule has 1 nitrogen and oxygen atoms in total. The molecule has 0 radical (unpaired) electrons. The molecule has 152 valence electrons. The standard InChI is InChI=1S/C28H29OP/c1-2-23-29-30(26-17-9-4-10-18-26,27-19-11-5-12-20-27,28-21-13-6-14-22-28)24-25-15-7-3-8-16-25/h3-22H,2,23-24H2,1H3. The second-order valence-corrected chi connectivity index (χ2v) is 12.2. The first-order valence-corrected chi connectivity index (χ1v) is 13.0. The molecule has 0 aromatic heterocycles. The van der Waals surface area contributed by atoms with E-state index in [1.54, 1.807) is 0 Å². The van der Waals surface area contributed by atoms with Crippen LogP contribution in [-0.2, 0) is 10.7 Å². The molecule has 0 aliphatic rings. The molecule has 0 aliphatic heterocycles. The van der Waals surface area contributed by atoms with Crippen LogP contribution in [0.1, 0.15) is 18.9 Å². The molecule has 30 heavy (non-hydrogen) atoms. The zero-order valence-corrected chi connectivity index (χ0v) is 18.4. The van der Waals surface area contributed by atoms with E-state index in [1.165, 1.54) is 21.5 Å². The Hall–Kier alpha value is -2.73. The summed E-state index contributed by atoms with van der Waals surface area (Å²) in [4.78, 5) is 0. The van der Waals surface area contributed by atoms with Crippen molar-refractivity contribution in [2.45, 2.75) is 19.5 Å². The maximum absolute atomic E-state index is 7.26. The fraction of sp³-hybridized carbons (Fsp3) is 0.143. The summed E-state index contributed by atoms with van der Waals surface area (Å²) in [5.41, 5.74) is 1.29. The predicted octanol–water partition coefficient (Wildman–Crippen LogP) is 6.06. The molecule has 4 aromatic carbocycles. The number of hydrogen-bond acceptors (Lipinski definition) is 1. The van der Waals surface area contributed by atoms with Crippen LogP contribution in [0.3, 0.4) is 0 Å². The molecule has 0 aliphatic carbocycles. The van der Waals surface area contributed by atoms with Crippen molar-refractivity contribution < 1.29 is 4.52 Å². The molecule has 0 amide bonds. The molecule has 4 rings (SSSR count). The summed E-state index contributed by atoms with van der Waals surface area (Å²) >= 11 is 0. The topological polar surface area (TPSA) is 9.23 Å². The van der Waals surface area contributed by atoms with E-state index in [1.807, 2.05) is 0 Å². The molecule has 0 bridgehead atoms. The van der Waals surface area contributed by atoms with Crippen molar-refractivity contribution in [1.82, 2.24) is 0 Å². The molecular formula is C28H29OP. The third-order valence-corrected chi connectivity index (χ3v) is 11.7.